The highest BCUT2D eigenvalue weighted by Crippen LogP contribution is 2.71. The zero-order valence-corrected chi connectivity index (χ0v) is 20.1. The van der Waals surface area contributed by atoms with E-state index in [1.54, 1.807) is 16.9 Å². The standard InChI is InChI=1S/C27H25BrN4O2/c28-17-6-8-18(9-7-17)31-26(34)24-20(21-10-11-22(24)27(21)13-14-27)16-29-25(33)23-12-15-30-32(23)19-4-2-1-3-5-19/h1-12,15,20-22,24H,13-14,16H2,(H,29,33)(H,31,34)/t20-,21-,22+,24+/m1/s1. The summed E-state index contributed by atoms with van der Waals surface area (Å²) >= 11 is 3.44. The lowest BCUT2D eigenvalue weighted by Crippen LogP contribution is -2.40. The number of halogens is 1. The number of nitrogens with one attached hydrogen (secondary N) is 2. The summed E-state index contributed by atoms with van der Waals surface area (Å²) in [6.07, 6.45) is 8.47. The summed E-state index contributed by atoms with van der Waals surface area (Å²) in [4.78, 5) is 26.6. The van der Waals surface area contributed by atoms with Crippen LogP contribution in [0.25, 0.3) is 5.69 Å². The molecule has 2 saturated carbocycles. The minimum Gasteiger partial charge on any atom is -0.350 e. The van der Waals surface area contributed by atoms with Gasteiger partial charge < -0.3 is 10.6 Å². The Morgan fingerprint density at radius 1 is 1.00 bits per heavy atom. The summed E-state index contributed by atoms with van der Waals surface area (Å²) in [5.41, 5.74) is 2.33. The molecule has 2 aromatic carbocycles. The number of hydrogen-bond donors (Lipinski definition) is 2. The molecule has 6 nitrogen and oxygen atoms in total. The Morgan fingerprint density at radius 3 is 2.47 bits per heavy atom. The topological polar surface area (TPSA) is 76.0 Å². The van der Waals surface area contributed by atoms with E-state index in [2.05, 4.69) is 43.8 Å². The lowest BCUT2D eigenvalue weighted by atomic mass is 9.82. The molecule has 7 heteroatoms. The van der Waals surface area contributed by atoms with Crippen molar-refractivity contribution in [3.63, 3.8) is 0 Å². The molecule has 1 spiro atoms. The molecule has 4 atom stereocenters. The van der Waals surface area contributed by atoms with Crippen molar-refractivity contribution >= 4 is 33.4 Å². The van der Waals surface area contributed by atoms with E-state index in [9.17, 15) is 9.59 Å². The molecular weight excluding hydrogens is 492 g/mol. The second-order valence-electron chi connectivity index (χ2n) is 9.53. The molecule has 0 radical (unpaired) electrons. The SMILES string of the molecule is O=C(NC[C@H]1[C@H](C(=O)Nc2ccc(Br)cc2)[C@@H]2C=C[C@H]1C21CC1)c1ccnn1-c1ccccc1. The fourth-order valence-corrected chi connectivity index (χ4v) is 6.38. The number of allylic oxidation sites excluding steroid dienone is 2. The number of benzene rings is 2. The van der Waals surface area contributed by atoms with Gasteiger partial charge in [0, 0.05) is 16.7 Å². The zero-order valence-electron chi connectivity index (χ0n) is 18.5. The highest BCUT2D eigenvalue weighted by Gasteiger charge is 2.68. The van der Waals surface area contributed by atoms with Crippen molar-refractivity contribution in [2.45, 2.75) is 12.8 Å². The highest BCUT2D eigenvalue weighted by molar-refractivity contribution is 9.10. The number of rotatable bonds is 6. The second kappa shape index (κ2) is 8.24. The van der Waals surface area contributed by atoms with Crippen molar-refractivity contribution in [2.75, 3.05) is 11.9 Å². The number of carbonyl (C=O) groups excluding carboxylic acids is 2. The van der Waals surface area contributed by atoms with Gasteiger partial charge in [-0.25, -0.2) is 4.68 Å². The number of nitrogens with zero attached hydrogens (tertiary/aromatic N) is 2. The molecular formula is C27H25BrN4O2. The van der Waals surface area contributed by atoms with E-state index in [4.69, 9.17) is 0 Å². The summed E-state index contributed by atoms with van der Waals surface area (Å²) in [5, 5.41) is 10.6. The van der Waals surface area contributed by atoms with Gasteiger partial charge in [-0.2, -0.15) is 5.10 Å². The molecule has 2 N–H and O–H groups in total. The van der Waals surface area contributed by atoms with Crippen molar-refractivity contribution in [3.05, 3.63) is 89.2 Å². The van der Waals surface area contributed by atoms with Crippen LogP contribution in [0.15, 0.2) is 83.5 Å². The minimum absolute atomic E-state index is 0.0408. The molecule has 172 valence electrons. The van der Waals surface area contributed by atoms with Gasteiger partial charge in [0.25, 0.3) is 5.91 Å². The van der Waals surface area contributed by atoms with Crippen LogP contribution in [-0.4, -0.2) is 28.1 Å². The van der Waals surface area contributed by atoms with Gasteiger partial charge in [-0.1, -0.05) is 46.3 Å². The summed E-state index contributed by atoms with van der Waals surface area (Å²) in [5.74, 6) is 0.358. The Morgan fingerprint density at radius 2 is 1.74 bits per heavy atom. The van der Waals surface area contributed by atoms with Gasteiger partial charge in [0.2, 0.25) is 5.91 Å². The maximum absolute atomic E-state index is 13.4. The van der Waals surface area contributed by atoms with Crippen LogP contribution in [0.3, 0.4) is 0 Å². The van der Waals surface area contributed by atoms with Crippen LogP contribution in [-0.2, 0) is 4.79 Å². The molecule has 6 rings (SSSR count). The fraction of sp³-hybridized carbons (Fsp3) is 0.296. The van der Waals surface area contributed by atoms with Crippen LogP contribution in [0.1, 0.15) is 23.3 Å². The predicted octanol–water partition coefficient (Wildman–Crippen LogP) is 4.83. The molecule has 3 aromatic rings. The van der Waals surface area contributed by atoms with E-state index in [1.165, 1.54) is 0 Å². The van der Waals surface area contributed by atoms with Gasteiger partial charge in [0.15, 0.2) is 0 Å². The van der Waals surface area contributed by atoms with Gasteiger partial charge in [0.05, 0.1) is 17.8 Å². The molecule has 2 bridgehead atoms. The van der Waals surface area contributed by atoms with E-state index in [0.29, 0.717) is 18.2 Å². The number of anilines is 1. The first-order valence-electron chi connectivity index (χ1n) is 11.7. The van der Waals surface area contributed by atoms with Gasteiger partial charge in [-0.15, -0.1) is 0 Å². The Hall–Kier alpha value is -3.19. The average molecular weight is 517 g/mol. The second-order valence-corrected chi connectivity index (χ2v) is 10.4. The number of amides is 2. The first kappa shape index (κ1) is 21.4. The lowest BCUT2D eigenvalue weighted by molar-refractivity contribution is -0.122. The number of para-hydroxylation sites is 1. The quantitative estimate of drug-likeness (QED) is 0.460. The number of carbonyl (C=O) groups is 2. The lowest BCUT2D eigenvalue weighted by Gasteiger charge is -2.27. The summed E-state index contributed by atoms with van der Waals surface area (Å²) < 4.78 is 2.62. The minimum atomic E-state index is -0.176. The average Bonchev–Trinajstić information content (AvgIpc) is 3.25. The first-order chi connectivity index (χ1) is 16.6. The van der Waals surface area contributed by atoms with E-state index in [0.717, 1.165) is 28.7 Å². The highest BCUT2D eigenvalue weighted by atomic mass is 79.9. The van der Waals surface area contributed by atoms with Gasteiger partial charge in [-0.3, -0.25) is 9.59 Å². The van der Waals surface area contributed by atoms with E-state index in [1.807, 2.05) is 54.6 Å². The summed E-state index contributed by atoms with van der Waals surface area (Å²) in [6, 6.07) is 19.0. The largest absolute Gasteiger partial charge is 0.350 e. The monoisotopic (exact) mass is 516 g/mol. The number of aromatic nitrogens is 2. The van der Waals surface area contributed by atoms with Gasteiger partial charge in [-0.05, 0) is 78.5 Å². The van der Waals surface area contributed by atoms with Crippen molar-refractivity contribution in [2.24, 2.45) is 29.1 Å². The Labute approximate surface area is 206 Å². The summed E-state index contributed by atoms with van der Waals surface area (Å²) in [7, 11) is 0. The van der Waals surface area contributed by atoms with Crippen molar-refractivity contribution in [1.82, 2.24) is 15.1 Å². The zero-order chi connectivity index (χ0) is 23.3. The molecule has 3 aliphatic rings. The van der Waals surface area contributed by atoms with Crippen LogP contribution in [0.4, 0.5) is 5.69 Å². The van der Waals surface area contributed by atoms with Crippen molar-refractivity contribution < 1.29 is 9.59 Å². The van der Waals surface area contributed by atoms with Crippen molar-refractivity contribution in [1.29, 1.82) is 0 Å². The Kier molecular flexibility index (Phi) is 5.17. The predicted molar refractivity (Wildman–Crippen MR) is 133 cm³/mol. The molecule has 2 amide bonds. The van der Waals surface area contributed by atoms with E-state index in [-0.39, 0.29) is 35.0 Å². The number of hydrogen-bond acceptors (Lipinski definition) is 3. The fourth-order valence-electron chi connectivity index (χ4n) is 6.11. The molecule has 0 unspecified atom stereocenters. The molecule has 2 fully saturated rings. The molecule has 1 aromatic heterocycles. The molecule has 1 heterocycles. The third-order valence-corrected chi connectivity index (χ3v) is 8.31. The van der Waals surface area contributed by atoms with Crippen LogP contribution in [0.2, 0.25) is 0 Å². The third-order valence-electron chi connectivity index (χ3n) is 7.78. The van der Waals surface area contributed by atoms with Crippen LogP contribution in [0, 0.1) is 29.1 Å². The third kappa shape index (κ3) is 3.50. The maximum atomic E-state index is 13.4. The first-order valence-corrected chi connectivity index (χ1v) is 12.5. The van der Waals surface area contributed by atoms with Crippen LogP contribution in [0.5, 0.6) is 0 Å². The van der Waals surface area contributed by atoms with Gasteiger partial charge >= 0.3 is 0 Å². The normalized spacial score (nSPS) is 25.4. The Bertz CT molecular complexity index is 1260. The summed E-state index contributed by atoms with van der Waals surface area (Å²) in [6.45, 7) is 0.463. The van der Waals surface area contributed by atoms with Crippen LogP contribution < -0.4 is 10.6 Å². The molecule has 3 aliphatic carbocycles. The van der Waals surface area contributed by atoms with E-state index < -0.39 is 0 Å². The van der Waals surface area contributed by atoms with Crippen molar-refractivity contribution in [3.8, 4) is 5.69 Å². The Balaban J connectivity index is 1.20. The smallest absolute Gasteiger partial charge is 0.270 e. The van der Waals surface area contributed by atoms with Crippen LogP contribution >= 0.6 is 15.9 Å². The van der Waals surface area contributed by atoms with Gasteiger partial charge in [0.1, 0.15) is 5.69 Å². The maximum Gasteiger partial charge on any atom is 0.270 e. The molecule has 34 heavy (non-hydrogen) atoms. The molecule has 0 saturated heterocycles. The molecule has 0 aliphatic heterocycles. The van der Waals surface area contributed by atoms with E-state index >= 15 is 0 Å².